The average Bonchev–Trinajstić information content (AvgIpc) is 2.50. The number of nitrogens with zero attached hydrogens (tertiary/aromatic N) is 1. The number of hydrogen-bond acceptors (Lipinski definition) is 2. The minimum atomic E-state index is 0.827. The molecule has 58 valence electrons. The van der Waals surface area contributed by atoms with Crippen molar-refractivity contribution in [3.63, 3.8) is 0 Å². The zero-order valence-corrected chi connectivity index (χ0v) is 6.63. The Morgan fingerprint density at radius 2 is 2.55 bits per heavy atom. The monoisotopic (exact) mass is 149 g/mol. The molecule has 0 fully saturated rings. The van der Waals surface area contributed by atoms with Crippen LogP contribution >= 0.6 is 0 Å². The molecule has 0 bridgehead atoms. The van der Waals surface area contributed by atoms with Crippen molar-refractivity contribution >= 4 is 0 Å². The SMILES string of the molecule is CCc1nccc2c1OCC2. The average molecular weight is 149 g/mol. The van der Waals surface area contributed by atoms with Gasteiger partial charge in [-0.15, -0.1) is 0 Å². The predicted molar refractivity (Wildman–Crippen MR) is 42.8 cm³/mol. The summed E-state index contributed by atoms with van der Waals surface area (Å²) in [6, 6.07) is 2.04. The summed E-state index contributed by atoms with van der Waals surface area (Å²) in [6.45, 7) is 2.93. The molecule has 0 amide bonds. The molecule has 0 aliphatic carbocycles. The molecule has 0 aromatic carbocycles. The van der Waals surface area contributed by atoms with Crippen LogP contribution in [0.15, 0.2) is 12.3 Å². The molecule has 0 saturated carbocycles. The highest BCUT2D eigenvalue weighted by atomic mass is 16.5. The molecule has 1 aliphatic rings. The lowest BCUT2D eigenvalue weighted by atomic mass is 10.1. The fourth-order valence-electron chi connectivity index (χ4n) is 1.42. The molecule has 1 aromatic rings. The second kappa shape index (κ2) is 2.53. The summed E-state index contributed by atoms with van der Waals surface area (Å²) in [6.07, 6.45) is 3.88. The van der Waals surface area contributed by atoms with Gasteiger partial charge in [-0.1, -0.05) is 6.92 Å². The van der Waals surface area contributed by atoms with Crippen LogP contribution in [0.5, 0.6) is 5.75 Å². The Hall–Kier alpha value is -1.05. The Bertz CT molecular complexity index is 270. The van der Waals surface area contributed by atoms with Gasteiger partial charge in [0.05, 0.1) is 12.3 Å². The first-order chi connectivity index (χ1) is 5.42. The molecule has 0 spiro atoms. The van der Waals surface area contributed by atoms with E-state index in [1.807, 2.05) is 12.3 Å². The Kier molecular flexibility index (Phi) is 1.53. The van der Waals surface area contributed by atoms with E-state index in [1.165, 1.54) is 5.56 Å². The highest BCUT2D eigenvalue weighted by Crippen LogP contribution is 2.27. The fourth-order valence-corrected chi connectivity index (χ4v) is 1.42. The van der Waals surface area contributed by atoms with Crippen molar-refractivity contribution in [2.24, 2.45) is 0 Å². The zero-order chi connectivity index (χ0) is 7.68. The number of aryl methyl sites for hydroxylation is 1. The van der Waals surface area contributed by atoms with Gasteiger partial charge in [-0.2, -0.15) is 0 Å². The molecule has 0 N–H and O–H groups in total. The maximum absolute atomic E-state index is 5.46. The quantitative estimate of drug-likeness (QED) is 0.604. The van der Waals surface area contributed by atoms with Crippen LogP contribution in [0.25, 0.3) is 0 Å². The second-order valence-corrected chi connectivity index (χ2v) is 2.70. The van der Waals surface area contributed by atoms with Gasteiger partial charge in [0.15, 0.2) is 0 Å². The molecule has 2 rings (SSSR count). The van der Waals surface area contributed by atoms with Gasteiger partial charge in [-0.05, 0) is 12.5 Å². The Morgan fingerprint density at radius 3 is 3.36 bits per heavy atom. The van der Waals surface area contributed by atoms with Crippen molar-refractivity contribution in [1.29, 1.82) is 0 Å². The minimum Gasteiger partial charge on any atom is -0.491 e. The molecule has 0 radical (unpaired) electrons. The van der Waals surface area contributed by atoms with E-state index in [0.29, 0.717) is 0 Å². The van der Waals surface area contributed by atoms with E-state index in [1.54, 1.807) is 0 Å². The number of pyridine rings is 1. The number of aromatic nitrogens is 1. The maximum Gasteiger partial charge on any atom is 0.144 e. The Morgan fingerprint density at radius 1 is 1.64 bits per heavy atom. The maximum atomic E-state index is 5.46. The molecule has 0 atom stereocenters. The summed E-state index contributed by atoms with van der Waals surface area (Å²) in [4.78, 5) is 4.24. The van der Waals surface area contributed by atoms with Gasteiger partial charge < -0.3 is 4.74 Å². The first kappa shape index (κ1) is 6.65. The summed E-state index contributed by atoms with van der Waals surface area (Å²) in [7, 11) is 0. The third-order valence-corrected chi connectivity index (χ3v) is 2.01. The van der Waals surface area contributed by atoms with Crippen molar-refractivity contribution in [1.82, 2.24) is 4.98 Å². The molecule has 0 saturated heterocycles. The van der Waals surface area contributed by atoms with E-state index >= 15 is 0 Å². The topological polar surface area (TPSA) is 22.1 Å². The van der Waals surface area contributed by atoms with Crippen LogP contribution in [0.4, 0.5) is 0 Å². The van der Waals surface area contributed by atoms with E-state index in [0.717, 1.165) is 30.9 Å². The Balaban J connectivity index is 2.50. The predicted octanol–water partition coefficient (Wildman–Crippen LogP) is 1.58. The Labute approximate surface area is 66.2 Å². The molecule has 11 heavy (non-hydrogen) atoms. The molecule has 2 heteroatoms. The lowest BCUT2D eigenvalue weighted by Crippen LogP contribution is -1.92. The van der Waals surface area contributed by atoms with Crippen molar-refractivity contribution < 1.29 is 4.74 Å². The van der Waals surface area contributed by atoms with Gasteiger partial charge >= 0.3 is 0 Å². The molecule has 1 aliphatic heterocycles. The highest BCUT2D eigenvalue weighted by molar-refractivity contribution is 5.39. The van der Waals surface area contributed by atoms with Gasteiger partial charge in [0.25, 0.3) is 0 Å². The largest absolute Gasteiger partial charge is 0.491 e. The molecule has 2 nitrogen and oxygen atoms in total. The fraction of sp³-hybridized carbons (Fsp3) is 0.444. The van der Waals surface area contributed by atoms with Crippen LogP contribution < -0.4 is 4.74 Å². The van der Waals surface area contributed by atoms with E-state index in [2.05, 4.69) is 11.9 Å². The highest BCUT2D eigenvalue weighted by Gasteiger charge is 2.15. The first-order valence-electron chi connectivity index (χ1n) is 4.01. The van der Waals surface area contributed by atoms with Crippen molar-refractivity contribution in [3.05, 3.63) is 23.5 Å². The van der Waals surface area contributed by atoms with Gasteiger partial charge in [-0.3, -0.25) is 4.98 Å². The van der Waals surface area contributed by atoms with E-state index in [4.69, 9.17) is 4.74 Å². The van der Waals surface area contributed by atoms with Crippen molar-refractivity contribution in [3.8, 4) is 5.75 Å². The molecular weight excluding hydrogens is 138 g/mol. The van der Waals surface area contributed by atoms with Gasteiger partial charge in [-0.25, -0.2) is 0 Å². The van der Waals surface area contributed by atoms with Crippen LogP contribution in [0.2, 0.25) is 0 Å². The second-order valence-electron chi connectivity index (χ2n) is 2.70. The number of rotatable bonds is 1. The third kappa shape index (κ3) is 0.985. The summed E-state index contributed by atoms with van der Waals surface area (Å²) in [5.74, 6) is 1.04. The van der Waals surface area contributed by atoms with Crippen molar-refractivity contribution in [2.75, 3.05) is 6.61 Å². The zero-order valence-electron chi connectivity index (χ0n) is 6.63. The van der Waals surface area contributed by atoms with Crippen molar-refractivity contribution in [2.45, 2.75) is 19.8 Å². The lowest BCUT2D eigenvalue weighted by Gasteiger charge is -2.02. The summed E-state index contributed by atoms with van der Waals surface area (Å²) in [5, 5.41) is 0. The van der Waals surface area contributed by atoms with E-state index < -0.39 is 0 Å². The molecule has 0 unspecified atom stereocenters. The molecule has 2 heterocycles. The van der Waals surface area contributed by atoms with E-state index in [-0.39, 0.29) is 0 Å². The minimum absolute atomic E-state index is 0.827. The molecule has 1 aromatic heterocycles. The van der Waals surface area contributed by atoms with Crippen LogP contribution in [0.3, 0.4) is 0 Å². The number of ether oxygens (including phenoxy) is 1. The van der Waals surface area contributed by atoms with Gasteiger partial charge in [0.2, 0.25) is 0 Å². The van der Waals surface area contributed by atoms with Gasteiger partial charge in [0.1, 0.15) is 5.75 Å². The first-order valence-corrected chi connectivity index (χ1v) is 4.01. The van der Waals surface area contributed by atoms with Crippen LogP contribution in [-0.2, 0) is 12.8 Å². The summed E-state index contributed by atoms with van der Waals surface area (Å²) < 4.78 is 5.46. The number of hydrogen-bond donors (Lipinski definition) is 0. The summed E-state index contributed by atoms with van der Waals surface area (Å²) in [5.41, 5.74) is 2.41. The standard InChI is InChI=1S/C9H11NO/c1-2-8-9-7(3-5-10-8)4-6-11-9/h3,5H,2,4,6H2,1H3. The van der Waals surface area contributed by atoms with Crippen LogP contribution in [-0.4, -0.2) is 11.6 Å². The lowest BCUT2D eigenvalue weighted by molar-refractivity contribution is 0.352. The van der Waals surface area contributed by atoms with Crippen LogP contribution in [0.1, 0.15) is 18.2 Å². The smallest absolute Gasteiger partial charge is 0.144 e. The van der Waals surface area contributed by atoms with Crippen LogP contribution in [0, 0.1) is 0 Å². The van der Waals surface area contributed by atoms with Gasteiger partial charge in [0, 0.05) is 18.2 Å². The normalized spacial score (nSPS) is 14.3. The number of fused-ring (bicyclic) bond motifs is 1. The molecular formula is C9H11NO. The third-order valence-electron chi connectivity index (χ3n) is 2.01. The summed E-state index contributed by atoms with van der Waals surface area (Å²) >= 11 is 0. The van der Waals surface area contributed by atoms with E-state index in [9.17, 15) is 0 Å².